The fourth-order valence-corrected chi connectivity index (χ4v) is 4.09. The first-order chi connectivity index (χ1) is 14.8. The molecule has 1 heterocycles. The first kappa shape index (κ1) is 23.2. The Morgan fingerprint density at radius 3 is 2.35 bits per heavy atom. The predicted molar refractivity (Wildman–Crippen MR) is 122 cm³/mol. The number of likely N-dealkylation sites (N-methyl/N-ethyl adjacent to an activating group) is 1. The molecule has 0 aliphatic carbocycles. The highest BCUT2D eigenvalue weighted by molar-refractivity contribution is 9.10. The summed E-state index contributed by atoms with van der Waals surface area (Å²) in [5.41, 5.74) is 1.95. The summed E-state index contributed by atoms with van der Waals surface area (Å²) in [6, 6.07) is 10.1. The summed E-state index contributed by atoms with van der Waals surface area (Å²) in [6.07, 6.45) is 0. The highest BCUT2D eigenvalue weighted by Crippen LogP contribution is 2.39. The van der Waals surface area contributed by atoms with Crippen LogP contribution < -0.4 is 0 Å². The number of hydrogen-bond donors (Lipinski definition) is 1. The molecule has 1 N–H and O–H groups in total. The van der Waals surface area contributed by atoms with E-state index in [9.17, 15) is 19.1 Å². The van der Waals surface area contributed by atoms with Crippen LogP contribution in [-0.4, -0.2) is 52.8 Å². The van der Waals surface area contributed by atoms with Crippen LogP contribution in [0, 0.1) is 12.7 Å². The number of ketones is 1. The van der Waals surface area contributed by atoms with Crippen LogP contribution in [0.15, 0.2) is 52.5 Å². The Labute approximate surface area is 190 Å². The molecular weight excluding hydrogens is 463 g/mol. The molecule has 31 heavy (non-hydrogen) atoms. The number of carbonyl (C=O) groups is 2. The van der Waals surface area contributed by atoms with Crippen LogP contribution in [0.4, 0.5) is 4.39 Å². The van der Waals surface area contributed by atoms with E-state index in [1.165, 1.54) is 17.0 Å². The number of benzene rings is 2. The van der Waals surface area contributed by atoms with Crippen molar-refractivity contribution in [2.45, 2.75) is 26.8 Å². The van der Waals surface area contributed by atoms with E-state index < -0.39 is 23.5 Å². The van der Waals surface area contributed by atoms with Gasteiger partial charge in [-0.1, -0.05) is 48.0 Å². The number of carbonyl (C=O) groups excluding carboxylic acids is 2. The van der Waals surface area contributed by atoms with Crippen molar-refractivity contribution in [3.63, 3.8) is 0 Å². The fourth-order valence-electron chi connectivity index (χ4n) is 3.84. The average molecular weight is 489 g/mol. The summed E-state index contributed by atoms with van der Waals surface area (Å²) in [7, 11) is 0. The van der Waals surface area contributed by atoms with Crippen molar-refractivity contribution in [2.75, 3.05) is 26.2 Å². The van der Waals surface area contributed by atoms with Crippen molar-refractivity contribution in [3.8, 4) is 0 Å². The number of aliphatic hydroxyl groups excluding tert-OH is 1. The monoisotopic (exact) mass is 488 g/mol. The van der Waals surface area contributed by atoms with Gasteiger partial charge >= 0.3 is 0 Å². The number of hydrogen-bond acceptors (Lipinski definition) is 4. The van der Waals surface area contributed by atoms with E-state index in [2.05, 4.69) is 20.8 Å². The maximum Gasteiger partial charge on any atom is 0.295 e. The molecule has 0 bridgehead atoms. The molecule has 164 valence electrons. The Bertz CT molecular complexity index is 1020. The number of amides is 1. The second-order valence-electron chi connectivity index (χ2n) is 7.53. The third-order valence-electron chi connectivity index (χ3n) is 5.71. The number of halogens is 2. The lowest BCUT2D eigenvalue weighted by molar-refractivity contribution is -0.140. The standard InChI is InChI=1S/C24H26BrFN2O3/c1-4-27(5-2)12-13-28-21(16-6-9-18(26)10-7-16)20(23(30)24(28)31)22(29)17-8-11-19(25)15(3)14-17/h6-11,14,21,29H,4-5,12-13H2,1-3H3/b22-20-. The summed E-state index contributed by atoms with van der Waals surface area (Å²) in [5.74, 6) is -2.02. The molecule has 0 radical (unpaired) electrons. The number of likely N-dealkylation sites (tertiary alicyclic amines) is 1. The largest absolute Gasteiger partial charge is 0.507 e. The summed E-state index contributed by atoms with van der Waals surface area (Å²) in [6.45, 7) is 8.50. The SMILES string of the molecule is CCN(CC)CCN1C(=O)C(=O)/C(=C(\O)c2ccc(Br)c(C)c2)C1c1ccc(F)cc1. The Morgan fingerprint density at radius 2 is 1.77 bits per heavy atom. The van der Waals surface area contributed by atoms with Gasteiger partial charge in [0.2, 0.25) is 0 Å². The van der Waals surface area contributed by atoms with Gasteiger partial charge in [0.1, 0.15) is 11.6 Å². The number of Topliss-reactive ketones (excluding diaryl/α,β-unsaturated/α-hetero) is 1. The van der Waals surface area contributed by atoms with Crippen LogP contribution in [0.5, 0.6) is 0 Å². The first-order valence-electron chi connectivity index (χ1n) is 10.3. The number of rotatable bonds is 7. The number of nitrogens with zero attached hydrogens (tertiary/aromatic N) is 2. The first-order valence-corrected chi connectivity index (χ1v) is 11.1. The number of aryl methyl sites for hydroxylation is 1. The van der Waals surface area contributed by atoms with Gasteiger partial charge in [-0.3, -0.25) is 9.59 Å². The van der Waals surface area contributed by atoms with Gasteiger partial charge in [-0.05, 0) is 55.4 Å². The van der Waals surface area contributed by atoms with E-state index in [1.807, 2.05) is 20.8 Å². The molecule has 1 saturated heterocycles. The van der Waals surface area contributed by atoms with E-state index in [-0.39, 0.29) is 11.3 Å². The van der Waals surface area contributed by atoms with E-state index in [1.54, 1.807) is 30.3 Å². The summed E-state index contributed by atoms with van der Waals surface area (Å²) >= 11 is 3.43. The van der Waals surface area contributed by atoms with Crippen molar-refractivity contribution in [3.05, 3.63) is 75.0 Å². The van der Waals surface area contributed by atoms with E-state index >= 15 is 0 Å². The maximum absolute atomic E-state index is 13.6. The number of aliphatic hydroxyl groups is 1. The Morgan fingerprint density at radius 1 is 1.13 bits per heavy atom. The maximum atomic E-state index is 13.6. The zero-order chi connectivity index (χ0) is 22.7. The van der Waals surface area contributed by atoms with Crippen LogP contribution in [0.25, 0.3) is 5.76 Å². The molecule has 3 rings (SSSR count). The van der Waals surface area contributed by atoms with Gasteiger partial charge in [-0.2, -0.15) is 0 Å². The zero-order valence-electron chi connectivity index (χ0n) is 17.9. The molecular formula is C24H26BrFN2O3. The Hall–Kier alpha value is -2.51. The van der Waals surface area contributed by atoms with Gasteiger partial charge < -0.3 is 14.9 Å². The van der Waals surface area contributed by atoms with Crippen molar-refractivity contribution in [1.29, 1.82) is 0 Å². The molecule has 1 aliphatic heterocycles. The molecule has 1 fully saturated rings. The highest BCUT2D eigenvalue weighted by atomic mass is 79.9. The molecule has 1 unspecified atom stereocenters. The fraction of sp³-hybridized carbons (Fsp3) is 0.333. The van der Waals surface area contributed by atoms with Crippen molar-refractivity contribution in [1.82, 2.24) is 9.80 Å². The van der Waals surface area contributed by atoms with Gasteiger partial charge in [-0.15, -0.1) is 0 Å². The third kappa shape index (κ3) is 4.72. The Kier molecular flexibility index (Phi) is 7.28. The van der Waals surface area contributed by atoms with Crippen molar-refractivity contribution >= 4 is 33.4 Å². The lowest BCUT2D eigenvalue weighted by Crippen LogP contribution is -2.38. The van der Waals surface area contributed by atoms with Crippen LogP contribution in [0.1, 0.15) is 36.6 Å². The minimum Gasteiger partial charge on any atom is -0.507 e. The smallest absolute Gasteiger partial charge is 0.295 e. The van der Waals surface area contributed by atoms with Gasteiger partial charge in [0.25, 0.3) is 11.7 Å². The second-order valence-corrected chi connectivity index (χ2v) is 8.39. The third-order valence-corrected chi connectivity index (χ3v) is 6.60. The van der Waals surface area contributed by atoms with Crippen LogP contribution in [-0.2, 0) is 9.59 Å². The normalized spacial score (nSPS) is 18.3. The van der Waals surface area contributed by atoms with Crippen LogP contribution in [0.3, 0.4) is 0 Å². The molecule has 2 aromatic carbocycles. The van der Waals surface area contributed by atoms with Crippen LogP contribution in [0.2, 0.25) is 0 Å². The van der Waals surface area contributed by atoms with Crippen molar-refractivity contribution in [2.24, 2.45) is 0 Å². The second kappa shape index (κ2) is 9.75. The van der Waals surface area contributed by atoms with Crippen molar-refractivity contribution < 1.29 is 19.1 Å². The minimum atomic E-state index is -0.778. The lowest BCUT2D eigenvalue weighted by atomic mass is 9.95. The summed E-state index contributed by atoms with van der Waals surface area (Å²) in [5, 5.41) is 11.1. The lowest BCUT2D eigenvalue weighted by Gasteiger charge is -2.28. The molecule has 1 atom stereocenters. The topological polar surface area (TPSA) is 60.9 Å². The van der Waals surface area contributed by atoms with Gasteiger partial charge in [0, 0.05) is 23.1 Å². The van der Waals surface area contributed by atoms with E-state index in [0.29, 0.717) is 24.2 Å². The van der Waals surface area contributed by atoms with Gasteiger partial charge in [-0.25, -0.2) is 4.39 Å². The van der Waals surface area contributed by atoms with Gasteiger partial charge in [0.05, 0.1) is 11.6 Å². The molecule has 0 saturated carbocycles. The average Bonchev–Trinajstić information content (AvgIpc) is 3.01. The van der Waals surface area contributed by atoms with Crippen LogP contribution >= 0.6 is 15.9 Å². The minimum absolute atomic E-state index is 0.0258. The molecule has 2 aromatic rings. The zero-order valence-corrected chi connectivity index (χ0v) is 19.4. The van der Waals surface area contributed by atoms with Gasteiger partial charge in [0.15, 0.2) is 0 Å². The summed E-state index contributed by atoms with van der Waals surface area (Å²) < 4.78 is 14.4. The Balaban J connectivity index is 2.11. The van der Waals surface area contributed by atoms with E-state index in [0.717, 1.165) is 23.1 Å². The molecule has 1 aliphatic rings. The molecule has 1 amide bonds. The van der Waals surface area contributed by atoms with E-state index in [4.69, 9.17) is 0 Å². The molecule has 5 nitrogen and oxygen atoms in total. The quantitative estimate of drug-likeness (QED) is 0.349. The predicted octanol–water partition coefficient (Wildman–Crippen LogP) is 4.66. The summed E-state index contributed by atoms with van der Waals surface area (Å²) in [4.78, 5) is 29.6. The molecule has 0 aromatic heterocycles. The molecule has 7 heteroatoms. The molecule has 0 spiro atoms. The highest BCUT2D eigenvalue weighted by Gasteiger charge is 2.45.